The average Bonchev–Trinajstić information content (AvgIpc) is 3.20. The number of benzene rings is 2. The minimum absolute atomic E-state index is 0.0108. The zero-order valence-electron chi connectivity index (χ0n) is 19.8. The number of carbonyl (C=O) groups is 2. The lowest BCUT2D eigenvalue weighted by molar-refractivity contribution is -0.109. The minimum Gasteiger partial charge on any atom is -0.359 e. The lowest BCUT2D eigenvalue weighted by atomic mass is 9.83. The van der Waals surface area contributed by atoms with Crippen molar-refractivity contribution in [2.24, 2.45) is 5.41 Å². The number of hydrogen-bond donors (Lipinski definition) is 3. The number of amides is 2. The van der Waals surface area contributed by atoms with Crippen molar-refractivity contribution in [3.05, 3.63) is 63.4 Å². The van der Waals surface area contributed by atoms with Crippen molar-refractivity contribution < 1.29 is 14.0 Å². The van der Waals surface area contributed by atoms with E-state index in [0.29, 0.717) is 35.5 Å². The predicted octanol–water partition coefficient (Wildman–Crippen LogP) is 5.98. The Balaban J connectivity index is 0.000000460. The van der Waals surface area contributed by atoms with E-state index in [1.165, 1.54) is 12.1 Å². The number of carbonyl (C=O) groups excluding carboxylic acids is 2. The molecule has 3 rings (SSSR count). The highest BCUT2D eigenvalue weighted by molar-refractivity contribution is 6.31. The molecule has 1 saturated heterocycles. The molecule has 1 aliphatic rings. The summed E-state index contributed by atoms with van der Waals surface area (Å²) in [7, 11) is 0. The summed E-state index contributed by atoms with van der Waals surface area (Å²) < 4.78 is 14.0. The molecule has 5 nitrogen and oxygen atoms in total. The molecule has 1 aliphatic heterocycles. The highest BCUT2D eigenvalue weighted by Gasteiger charge is 2.32. The third-order valence-electron chi connectivity index (χ3n) is 4.48. The van der Waals surface area contributed by atoms with Crippen LogP contribution in [-0.2, 0) is 9.59 Å². The number of rotatable bonds is 6. The van der Waals surface area contributed by atoms with Gasteiger partial charge in [-0.1, -0.05) is 63.0 Å². The highest BCUT2D eigenvalue weighted by Crippen LogP contribution is 2.41. The summed E-state index contributed by atoms with van der Waals surface area (Å²) in [5, 5.41) is 9.03. The van der Waals surface area contributed by atoms with Crippen LogP contribution in [0.5, 0.6) is 0 Å². The fourth-order valence-electron chi connectivity index (χ4n) is 3.23. The van der Waals surface area contributed by atoms with Gasteiger partial charge < -0.3 is 16.0 Å². The molecule has 182 valence electrons. The van der Waals surface area contributed by atoms with Crippen molar-refractivity contribution in [1.82, 2.24) is 10.6 Å². The van der Waals surface area contributed by atoms with Crippen molar-refractivity contribution in [1.29, 1.82) is 0 Å². The summed E-state index contributed by atoms with van der Waals surface area (Å²) in [4.78, 5) is 20.1. The van der Waals surface area contributed by atoms with Gasteiger partial charge in [-0.05, 0) is 47.7 Å². The Bertz CT molecular complexity index is 898. The van der Waals surface area contributed by atoms with Gasteiger partial charge in [0.05, 0.1) is 5.02 Å². The molecule has 0 bridgehead atoms. The van der Waals surface area contributed by atoms with Crippen molar-refractivity contribution in [3.63, 3.8) is 0 Å². The SMILES string of the molecule is CC(C)(C)C.CCNC=O.O=CNc1cc(Cl)c(F)cc1[C@@H]1CNC[C@@H]1c1cccc(Cl)c1. The van der Waals surface area contributed by atoms with E-state index in [0.717, 1.165) is 24.2 Å². The largest absolute Gasteiger partial charge is 0.359 e. The molecule has 0 aromatic heterocycles. The molecule has 1 heterocycles. The van der Waals surface area contributed by atoms with E-state index in [-0.39, 0.29) is 16.9 Å². The third kappa shape index (κ3) is 10.5. The van der Waals surface area contributed by atoms with Crippen LogP contribution < -0.4 is 16.0 Å². The first-order chi connectivity index (χ1) is 15.5. The lowest BCUT2D eigenvalue weighted by Crippen LogP contribution is -2.12. The Hall–Kier alpha value is -2.15. The monoisotopic (exact) mass is 497 g/mol. The first-order valence-corrected chi connectivity index (χ1v) is 11.6. The van der Waals surface area contributed by atoms with E-state index < -0.39 is 5.82 Å². The Labute approximate surface area is 206 Å². The van der Waals surface area contributed by atoms with E-state index in [2.05, 4.69) is 43.6 Å². The third-order valence-corrected chi connectivity index (χ3v) is 5.01. The smallest absolute Gasteiger partial charge is 0.211 e. The lowest BCUT2D eigenvalue weighted by Gasteiger charge is -2.22. The van der Waals surface area contributed by atoms with Gasteiger partial charge in [0.2, 0.25) is 12.8 Å². The van der Waals surface area contributed by atoms with E-state index in [4.69, 9.17) is 23.2 Å². The fraction of sp³-hybridized carbons (Fsp3) is 0.440. The Morgan fingerprint density at radius 1 is 1.06 bits per heavy atom. The topological polar surface area (TPSA) is 70.2 Å². The maximum Gasteiger partial charge on any atom is 0.211 e. The maximum atomic E-state index is 14.0. The van der Waals surface area contributed by atoms with Crippen LogP contribution in [0.3, 0.4) is 0 Å². The van der Waals surface area contributed by atoms with E-state index in [1.54, 1.807) is 0 Å². The van der Waals surface area contributed by atoms with Gasteiger partial charge >= 0.3 is 0 Å². The molecule has 8 heteroatoms. The average molecular weight is 498 g/mol. The van der Waals surface area contributed by atoms with Crippen LogP contribution in [0.1, 0.15) is 57.6 Å². The van der Waals surface area contributed by atoms with Gasteiger partial charge in [0.1, 0.15) is 5.82 Å². The summed E-state index contributed by atoms with van der Waals surface area (Å²) in [5.41, 5.74) is 2.85. The van der Waals surface area contributed by atoms with Crippen molar-refractivity contribution in [2.75, 3.05) is 25.0 Å². The summed E-state index contributed by atoms with van der Waals surface area (Å²) >= 11 is 11.9. The van der Waals surface area contributed by atoms with Crippen LogP contribution in [0.25, 0.3) is 0 Å². The Kier molecular flexibility index (Phi) is 12.4. The van der Waals surface area contributed by atoms with Gasteiger partial charge in [0.25, 0.3) is 0 Å². The molecule has 0 saturated carbocycles. The molecule has 0 aliphatic carbocycles. The van der Waals surface area contributed by atoms with Gasteiger partial charge in [-0.3, -0.25) is 9.59 Å². The predicted molar refractivity (Wildman–Crippen MR) is 136 cm³/mol. The molecule has 2 aromatic rings. The Morgan fingerprint density at radius 2 is 1.70 bits per heavy atom. The first kappa shape index (κ1) is 28.9. The highest BCUT2D eigenvalue weighted by atomic mass is 35.5. The molecular formula is C25H34Cl2FN3O2. The maximum absolute atomic E-state index is 14.0. The molecule has 0 unspecified atom stereocenters. The second-order valence-electron chi connectivity index (χ2n) is 9.22. The van der Waals surface area contributed by atoms with E-state index in [1.807, 2.05) is 31.2 Å². The normalized spacial score (nSPS) is 17.1. The van der Waals surface area contributed by atoms with Gasteiger partial charge in [0, 0.05) is 42.2 Å². The number of anilines is 1. The summed E-state index contributed by atoms with van der Waals surface area (Å²) in [6, 6.07) is 10.5. The first-order valence-electron chi connectivity index (χ1n) is 10.8. The van der Waals surface area contributed by atoms with E-state index in [9.17, 15) is 14.0 Å². The molecule has 3 N–H and O–H groups in total. The fourth-order valence-corrected chi connectivity index (χ4v) is 3.60. The van der Waals surface area contributed by atoms with Crippen LogP contribution in [0.2, 0.25) is 10.0 Å². The second-order valence-corrected chi connectivity index (χ2v) is 10.1. The van der Waals surface area contributed by atoms with Crippen LogP contribution in [0.4, 0.5) is 10.1 Å². The summed E-state index contributed by atoms with van der Waals surface area (Å²) in [6.07, 6.45) is 1.25. The van der Waals surface area contributed by atoms with Crippen LogP contribution in [0, 0.1) is 11.2 Å². The van der Waals surface area contributed by atoms with Gasteiger partial charge in [-0.25, -0.2) is 4.39 Å². The molecule has 33 heavy (non-hydrogen) atoms. The quantitative estimate of drug-likeness (QED) is 0.430. The van der Waals surface area contributed by atoms with Crippen LogP contribution >= 0.6 is 23.2 Å². The molecule has 0 spiro atoms. The summed E-state index contributed by atoms with van der Waals surface area (Å²) in [5.74, 6) is -0.334. The van der Waals surface area contributed by atoms with Gasteiger partial charge in [-0.15, -0.1) is 0 Å². The molecular weight excluding hydrogens is 464 g/mol. The molecule has 2 atom stereocenters. The molecule has 2 amide bonds. The number of halogens is 3. The van der Waals surface area contributed by atoms with Crippen molar-refractivity contribution >= 4 is 41.7 Å². The van der Waals surface area contributed by atoms with Gasteiger partial charge in [-0.2, -0.15) is 0 Å². The standard InChI is InChI=1S/C17H15Cl2FN2O.C5H12.C3H7NO/c18-11-3-1-2-10(4-11)13-7-21-8-14(13)12-5-16(20)15(19)6-17(12)22-9-23;1-5(2,3)4;1-2-4-3-5/h1-6,9,13-14,21H,7-8H2,(H,22,23);1-4H3;3H,2H2,1H3,(H,4,5)/t13-,14+;;/m1../s1. The zero-order valence-corrected chi connectivity index (χ0v) is 21.4. The number of nitrogens with one attached hydrogen (secondary N) is 3. The molecule has 0 radical (unpaired) electrons. The number of hydrogen-bond acceptors (Lipinski definition) is 3. The van der Waals surface area contributed by atoms with Crippen LogP contribution in [-0.4, -0.2) is 32.5 Å². The van der Waals surface area contributed by atoms with Crippen molar-refractivity contribution in [2.45, 2.75) is 46.5 Å². The molecule has 2 aromatic carbocycles. The summed E-state index contributed by atoms with van der Waals surface area (Å²) in [6.45, 7) is 12.8. The molecule has 1 fully saturated rings. The minimum atomic E-state index is -0.491. The van der Waals surface area contributed by atoms with Crippen molar-refractivity contribution in [3.8, 4) is 0 Å². The second kappa shape index (κ2) is 14.2. The Morgan fingerprint density at radius 3 is 2.21 bits per heavy atom. The van der Waals surface area contributed by atoms with E-state index >= 15 is 0 Å². The zero-order chi connectivity index (χ0) is 25.0. The van der Waals surface area contributed by atoms with Crippen LogP contribution in [0.15, 0.2) is 36.4 Å². The van der Waals surface area contributed by atoms with Gasteiger partial charge in [0.15, 0.2) is 0 Å².